The number of carbonyl (C=O) groups is 2. The van der Waals surface area contributed by atoms with Crippen molar-refractivity contribution in [3.05, 3.63) is 36.5 Å². The maximum atomic E-state index is 12.5. The molecule has 0 spiro atoms. The highest BCUT2D eigenvalue weighted by Gasteiger charge is 2.18. The molecular weight excluding hydrogens is 971 g/mol. The molecule has 466 valence electrons. The van der Waals surface area contributed by atoms with Gasteiger partial charge in [-0.25, -0.2) is 0 Å². The summed E-state index contributed by atoms with van der Waals surface area (Å²) < 4.78 is 5.50. The van der Waals surface area contributed by atoms with Gasteiger partial charge in [0.25, 0.3) is 0 Å². The van der Waals surface area contributed by atoms with Crippen LogP contribution in [0.4, 0.5) is 0 Å². The van der Waals surface area contributed by atoms with Crippen molar-refractivity contribution in [3.8, 4) is 0 Å². The van der Waals surface area contributed by atoms with Crippen molar-refractivity contribution in [3.63, 3.8) is 0 Å². The molecule has 1 amide bonds. The average molecular weight is 1110 g/mol. The number of carbonyl (C=O) groups excluding carboxylic acids is 2. The number of allylic oxidation sites excluding steroid dienone is 5. The minimum absolute atomic E-state index is 0.0130. The van der Waals surface area contributed by atoms with Gasteiger partial charge >= 0.3 is 5.97 Å². The van der Waals surface area contributed by atoms with E-state index in [1.165, 1.54) is 321 Å². The van der Waals surface area contributed by atoms with Crippen molar-refractivity contribution in [2.45, 2.75) is 405 Å². The van der Waals surface area contributed by atoms with Gasteiger partial charge in [0.15, 0.2) is 0 Å². The van der Waals surface area contributed by atoms with E-state index in [1.807, 2.05) is 6.08 Å². The van der Waals surface area contributed by atoms with Gasteiger partial charge in [-0.3, -0.25) is 9.59 Å². The van der Waals surface area contributed by atoms with Crippen LogP contribution in [0.5, 0.6) is 0 Å². The number of rotatable bonds is 67. The van der Waals surface area contributed by atoms with Gasteiger partial charge in [-0.1, -0.05) is 333 Å². The van der Waals surface area contributed by atoms with Gasteiger partial charge in [0, 0.05) is 12.8 Å². The zero-order chi connectivity index (χ0) is 57.1. The lowest BCUT2D eigenvalue weighted by Crippen LogP contribution is -2.45. The normalized spacial score (nSPS) is 12.7. The Hall–Kier alpha value is -1.92. The molecule has 3 N–H and O–H groups in total. The third kappa shape index (κ3) is 65.1. The van der Waals surface area contributed by atoms with Crippen LogP contribution in [0.15, 0.2) is 36.5 Å². The van der Waals surface area contributed by atoms with Crippen molar-refractivity contribution < 1.29 is 24.5 Å². The van der Waals surface area contributed by atoms with Crippen molar-refractivity contribution in [2.24, 2.45) is 0 Å². The molecule has 0 aliphatic heterocycles. The maximum Gasteiger partial charge on any atom is 0.305 e. The van der Waals surface area contributed by atoms with Crippen molar-refractivity contribution in [1.29, 1.82) is 0 Å². The number of hydrogen-bond donors (Lipinski definition) is 3. The molecule has 0 saturated heterocycles. The van der Waals surface area contributed by atoms with Crippen molar-refractivity contribution >= 4 is 11.9 Å². The number of esters is 1. The molecule has 0 aromatic rings. The first-order valence-electron chi connectivity index (χ1n) is 35.8. The minimum Gasteiger partial charge on any atom is -0.466 e. The maximum absolute atomic E-state index is 12.5. The van der Waals surface area contributed by atoms with Crippen LogP contribution in [0, 0.1) is 0 Å². The van der Waals surface area contributed by atoms with Crippen LogP contribution in [0.3, 0.4) is 0 Å². The number of aliphatic hydroxyl groups is 2. The predicted octanol–water partition coefficient (Wildman–Crippen LogP) is 23.1. The van der Waals surface area contributed by atoms with E-state index < -0.39 is 12.1 Å². The third-order valence-electron chi connectivity index (χ3n) is 16.6. The number of hydrogen-bond acceptors (Lipinski definition) is 5. The van der Waals surface area contributed by atoms with E-state index >= 15 is 0 Å². The molecule has 6 heteroatoms. The molecule has 0 bridgehead atoms. The van der Waals surface area contributed by atoms with Gasteiger partial charge in [0.2, 0.25) is 5.91 Å². The largest absolute Gasteiger partial charge is 0.466 e. The second-order valence-electron chi connectivity index (χ2n) is 24.6. The molecule has 6 nitrogen and oxygen atoms in total. The van der Waals surface area contributed by atoms with Gasteiger partial charge < -0.3 is 20.3 Å². The van der Waals surface area contributed by atoms with E-state index in [0.29, 0.717) is 19.4 Å². The first-order chi connectivity index (χ1) is 39.0. The molecule has 2 atom stereocenters. The SMILES string of the molecule is CCCCCCCCC/C=C\CCCCCCCCCC(=O)OCCCCCCCCCCCCCC/C=C\CCCCCCCCCCCCCCC(=O)NC(CO)C(O)/C=C/CCCCCCCCCCCCCCCC. The number of nitrogens with one attached hydrogen (secondary N) is 1. The fourth-order valence-electron chi connectivity index (χ4n) is 11.2. The van der Waals surface area contributed by atoms with Crippen LogP contribution in [-0.2, 0) is 14.3 Å². The first-order valence-corrected chi connectivity index (χ1v) is 35.8. The second-order valence-corrected chi connectivity index (χ2v) is 24.6. The van der Waals surface area contributed by atoms with Gasteiger partial charge in [0.1, 0.15) is 0 Å². The number of unbranched alkanes of at least 4 members (excludes halogenated alkanes) is 52. The molecular formula is C73H139NO5. The first kappa shape index (κ1) is 77.1. The number of amides is 1. The Labute approximate surface area is 494 Å². The van der Waals surface area contributed by atoms with Crippen LogP contribution in [0.2, 0.25) is 0 Å². The standard InChI is InChI=1S/C73H139NO5/c1-3-5-7-9-11-13-15-17-19-21-35-39-43-47-51-55-59-63-67-73(78)79-68-64-60-56-52-48-44-40-36-33-31-29-27-25-23-22-24-26-28-30-32-34-38-42-46-50-54-58-62-66-72(77)74-70(69-75)71(76)65-61-57-53-49-45-41-37-20-18-16-14-12-10-8-6-4-2/h19,21-23,61,65,70-71,75-76H,3-18,20,24-60,62-64,66-69H2,1-2H3,(H,74,77)/b21-19-,23-22-,65-61+. The summed E-state index contributed by atoms with van der Waals surface area (Å²) in [5, 5.41) is 23.2. The Morgan fingerprint density at radius 3 is 0.899 bits per heavy atom. The van der Waals surface area contributed by atoms with Crippen molar-refractivity contribution in [1.82, 2.24) is 5.32 Å². The summed E-state index contributed by atoms with van der Waals surface area (Å²) >= 11 is 0. The van der Waals surface area contributed by atoms with E-state index in [-0.39, 0.29) is 18.5 Å². The highest BCUT2D eigenvalue weighted by molar-refractivity contribution is 5.76. The fourth-order valence-corrected chi connectivity index (χ4v) is 11.2. The number of ether oxygens (including phenoxy) is 1. The molecule has 0 aromatic carbocycles. The Kier molecular flexibility index (Phi) is 66.9. The topological polar surface area (TPSA) is 95.9 Å². The van der Waals surface area contributed by atoms with E-state index in [2.05, 4.69) is 43.5 Å². The Morgan fingerprint density at radius 1 is 0.342 bits per heavy atom. The average Bonchev–Trinajstić information content (AvgIpc) is 3.45. The van der Waals surface area contributed by atoms with Gasteiger partial charge in [0.05, 0.1) is 25.4 Å². The molecule has 0 heterocycles. The van der Waals surface area contributed by atoms with Crippen molar-refractivity contribution in [2.75, 3.05) is 13.2 Å². The summed E-state index contributed by atoms with van der Waals surface area (Å²) in [7, 11) is 0. The summed E-state index contributed by atoms with van der Waals surface area (Å²) in [6.45, 7) is 4.93. The van der Waals surface area contributed by atoms with Crippen LogP contribution in [0.25, 0.3) is 0 Å². The monoisotopic (exact) mass is 1110 g/mol. The molecule has 0 aliphatic carbocycles. The molecule has 2 unspecified atom stereocenters. The Balaban J connectivity index is 3.38. The van der Waals surface area contributed by atoms with Crippen LogP contribution >= 0.6 is 0 Å². The van der Waals surface area contributed by atoms with Gasteiger partial charge in [-0.05, 0) is 83.5 Å². The molecule has 0 fully saturated rings. The third-order valence-corrected chi connectivity index (χ3v) is 16.6. The lowest BCUT2D eigenvalue weighted by atomic mass is 10.0. The van der Waals surface area contributed by atoms with E-state index in [0.717, 1.165) is 44.9 Å². The number of aliphatic hydroxyl groups excluding tert-OH is 2. The fraction of sp³-hybridized carbons (Fsp3) is 0.890. The lowest BCUT2D eigenvalue weighted by Gasteiger charge is -2.20. The molecule has 0 aromatic heterocycles. The lowest BCUT2D eigenvalue weighted by molar-refractivity contribution is -0.143. The highest BCUT2D eigenvalue weighted by atomic mass is 16.5. The molecule has 0 radical (unpaired) electrons. The highest BCUT2D eigenvalue weighted by Crippen LogP contribution is 2.18. The van der Waals surface area contributed by atoms with Gasteiger partial charge in [-0.15, -0.1) is 0 Å². The smallest absolute Gasteiger partial charge is 0.305 e. The van der Waals surface area contributed by atoms with E-state index in [4.69, 9.17) is 4.74 Å². The summed E-state index contributed by atoms with van der Waals surface area (Å²) in [5.41, 5.74) is 0. The molecule has 0 rings (SSSR count). The van der Waals surface area contributed by atoms with Gasteiger partial charge in [-0.2, -0.15) is 0 Å². The predicted molar refractivity (Wildman–Crippen MR) is 347 cm³/mol. The Morgan fingerprint density at radius 2 is 0.595 bits per heavy atom. The summed E-state index contributed by atoms with van der Waals surface area (Å²) in [5.74, 6) is -0.0525. The molecule has 0 saturated carbocycles. The van der Waals surface area contributed by atoms with E-state index in [1.54, 1.807) is 6.08 Å². The van der Waals surface area contributed by atoms with E-state index in [9.17, 15) is 19.8 Å². The second kappa shape index (κ2) is 68.6. The van der Waals surface area contributed by atoms with Crippen LogP contribution < -0.4 is 5.32 Å². The van der Waals surface area contributed by atoms with Crippen LogP contribution in [-0.4, -0.2) is 47.4 Å². The zero-order valence-electron chi connectivity index (χ0n) is 53.4. The molecule has 0 aliphatic rings. The quantitative estimate of drug-likeness (QED) is 0.0320. The summed E-state index contributed by atoms with van der Waals surface area (Å²) in [4.78, 5) is 24.6. The molecule has 79 heavy (non-hydrogen) atoms. The zero-order valence-corrected chi connectivity index (χ0v) is 53.4. The minimum atomic E-state index is -0.845. The Bertz CT molecular complexity index is 1280. The van der Waals surface area contributed by atoms with Crippen LogP contribution in [0.1, 0.15) is 393 Å². The summed E-state index contributed by atoms with van der Waals surface area (Å²) in [6.07, 6.45) is 88.0. The summed E-state index contributed by atoms with van der Waals surface area (Å²) in [6, 6.07) is -0.628.